The fourth-order valence-corrected chi connectivity index (χ4v) is 4.40. The van der Waals surface area contributed by atoms with E-state index in [0.29, 0.717) is 13.1 Å². The van der Waals surface area contributed by atoms with Gasteiger partial charge in [0, 0.05) is 24.4 Å². The van der Waals surface area contributed by atoms with E-state index in [-0.39, 0.29) is 24.2 Å². The Kier molecular flexibility index (Phi) is 3.78. The zero-order chi connectivity index (χ0) is 14.1. The molecule has 2 heterocycles. The molecule has 108 valence electrons. The molecule has 1 N–H and O–H groups in total. The molecule has 1 aromatic rings. The Morgan fingerprint density at radius 3 is 3.05 bits per heavy atom. The Hall–Kier alpha value is -1.36. The molecule has 1 amide bonds. The minimum Gasteiger partial charge on any atom is -0.481 e. The van der Waals surface area contributed by atoms with Crippen molar-refractivity contribution in [2.24, 2.45) is 5.92 Å². The molecule has 0 spiro atoms. The molecule has 1 aliphatic heterocycles. The van der Waals surface area contributed by atoms with Crippen molar-refractivity contribution in [3.63, 3.8) is 0 Å². The van der Waals surface area contributed by atoms with Crippen LogP contribution in [0.5, 0.6) is 0 Å². The maximum absolute atomic E-state index is 12.7. The third-order valence-electron chi connectivity index (χ3n) is 4.41. The zero-order valence-electron chi connectivity index (χ0n) is 11.4. The van der Waals surface area contributed by atoms with Crippen LogP contribution in [-0.4, -0.2) is 35.0 Å². The summed E-state index contributed by atoms with van der Waals surface area (Å²) in [5.74, 6) is -0.421. The molecule has 0 saturated carbocycles. The SMILES string of the molecule is O=C(O)CC1CCN(C(=O)C2CCCc3sccc32)C1. The van der Waals surface area contributed by atoms with Crippen molar-refractivity contribution < 1.29 is 14.7 Å². The molecule has 4 nitrogen and oxygen atoms in total. The van der Waals surface area contributed by atoms with Crippen LogP contribution in [0.25, 0.3) is 0 Å². The fourth-order valence-electron chi connectivity index (χ4n) is 3.41. The highest BCUT2D eigenvalue weighted by Gasteiger charge is 2.34. The first kappa shape index (κ1) is 13.6. The lowest BCUT2D eigenvalue weighted by Gasteiger charge is -2.26. The van der Waals surface area contributed by atoms with Crippen molar-refractivity contribution in [1.29, 1.82) is 0 Å². The second kappa shape index (κ2) is 5.56. The Morgan fingerprint density at radius 1 is 1.40 bits per heavy atom. The van der Waals surface area contributed by atoms with E-state index in [9.17, 15) is 9.59 Å². The van der Waals surface area contributed by atoms with Crippen molar-refractivity contribution in [1.82, 2.24) is 4.90 Å². The summed E-state index contributed by atoms with van der Waals surface area (Å²) in [6.45, 7) is 1.33. The maximum Gasteiger partial charge on any atom is 0.303 e. The van der Waals surface area contributed by atoms with Gasteiger partial charge in [-0.3, -0.25) is 9.59 Å². The van der Waals surface area contributed by atoms with Gasteiger partial charge in [-0.1, -0.05) is 0 Å². The number of carbonyl (C=O) groups excluding carboxylic acids is 1. The summed E-state index contributed by atoms with van der Waals surface area (Å²) in [4.78, 5) is 26.7. The van der Waals surface area contributed by atoms with Gasteiger partial charge >= 0.3 is 5.97 Å². The van der Waals surface area contributed by atoms with Crippen molar-refractivity contribution in [2.45, 2.75) is 38.0 Å². The van der Waals surface area contributed by atoms with Gasteiger partial charge in [-0.15, -0.1) is 11.3 Å². The molecule has 2 atom stereocenters. The molecule has 1 fully saturated rings. The number of aliphatic carboxylic acids is 1. The monoisotopic (exact) mass is 293 g/mol. The highest BCUT2D eigenvalue weighted by Crippen LogP contribution is 2.37. The van der Waals surface area contributed by atoms with E-state index in [1.54, 1.807) is 11.3 Å². The summed E-state index contributed by atoms with van der Waals surface area (Å²) in [5, 5.41) is 10.9. The lowest BCUT2D eigenvalue weighted by Crippen LogP contribution is -2.34. The normalized spacial score (nSPS) is 25.5. The number of hydrogen-bond donors (Lipinski definition) is 1. The van der Waals surface area contributed by atoms with E-state index < -0.39 is 5.97 Å². The van der Waals surface area contributed by atoms with Crippen LogP contribution in [-0.2, 0) is 16.0 Å². The standard InChI is InChI=1S/C15H19NO3S/c17-14(18)8-10-4-6-16(9-10)15(19)12-2-1-3-13-11(12)5-7-20-13/h5,7,10,12H,1-4,6,8-9H2,(H,17,18). The van der Waals surface area contributed by atoms with Crippen LogP contribution in [0, 0.1) is 5.92 Å². The molecule has 2 aliphatic rings. The number of likely N-dealkylation sites (tertiary alicyclic amines) is 1. The molecule has 5 heteroatoms. The Morgan fingerprint density at radius 2 is 2.25 bits per heavy atom. The molecule has 1 aliphatic carbocycles. The number of nitrogens with zero attached hydrogens (tertiary/aromatic N) is 1. The van der Waals surface area contributed by atoms with Crippen LogP contribution in [0.2, 0.25) is 0 Å². The van der Waals surface area contributed by atoms with E-state index in [4.69, 9.17) is 5.11 Å². The van der Waals surface area contributed by atoms with Crippen molar-refractivity contribution in [3.8, 4) is 0 Å². The molecule has 1 aromatic heterocycles. The minimum atomic E-state index is -0.762. The van der Waals surface area contributed by atoms with E-state index in [2.05, 4.69) is 11.4 Å². The highest BCUT2D eigenvalue weighted by atomic mass is 32.1. The van der Waals surface area contributed by atoms with E-state index >= 15 is 0 Å². The van der Waals surface area contributed by atoms with Gasteiger partial charge in [0.25, 0.3) is 0 Å². The molecule has 2 unspecified atom stereocenters. The summed E-state index contributed by atoms with van der Waals surface area (Å²) in [6.07, 6.45) is 4.11. The summed E-state index contributed by atoms with van der Waals surface area (Å²) < 4.78 is 0. The molecule has 20 heavy (non-hydrogen) atoms. The van der Waals surface area contributed by atoms with Gasteiger partial charge in [-0.25, -0.2) is 0 Å². The number of fused-ring (bicyclic) bond motifs is 1. The summed E-state index contributed by atoms with van der Waals surface area (Å²) in [6, 6.07) is 2.09. The largest absolute Gasteiger partial charge is 0.481 e. The first-order valence-corrected chi connectivity index (χ1v) is 8.10. The van der Waals surface area contributed by atoms with Crippen molar-refractivity contribution in [2.75, 3.05) is 13.1 Å². The van der Waals surface area contributed by atoms with E-state index in [0.717, 1.165) is 25.7 Å². The smallest absolute Gasteiger partial charge is 0.303 e. The van der Waals surface area contributed by atoms with E-state index in [1.807, 2.05) is 4.90 Å². The number of hydrogen-bond acceptors (Lipinski definition) is 3. The van der Waals surface area contributed by atoms with Gasteiger partial charge < -0.3 is 10.0 Å². The summed E-state index contributed by atoms with van der Waals surface area (Å²) >= 11 is 1.75. The number of amides is 1. The van der Waals surface area contributed by atoms with Crippen LogP contribution in [0.4, 0.5) is 0 Å². The molecule has 3 rings (SSSR count). The second-order valence-corrected chi connectivity index (χ2v) is 6.78. The number of carboxylic acid groups (broad SMARTS) is 1. The van der Waals surface area contributed by atoms with Crippen LogP contribution in [0.3, 0.4) is 0 Å². The Labute approximate surface area is 122 Å². The summed E-state index contributed by atoms with van der Waals surface area (Å²) in [5.41, 5.74) is 1.22. The minimum absolute atomic E-state index is 0.00794. The predicted octanol–water partition coefficient (Wildman–Crippen LogP) is 2.49. The average Bonchev–Trinajstić information content (AvgIpc) is 3.05. The van der Waals surface area contributed by atoms with Gasteiger partial charge in [-0.2, -0.15) is 0 Å². The Bertz CT molecular complexity index is 525. The van der Waals surface area contributed by atoms with Crippen LogP contribution >= 0.6 is 11.3 Å². The fraction of sp³-hybridized carbons (Fsp3) is 0.600. The third kappa shape index (κ3) is 2.59. The molecule has 0 radical (unpaired) electrons. The second-order valence-electron chi connectivity index (χ2n) is 5.78. The number of aryl methyl sites for hydroxylation is 1. The number of carboxylic acids is 1. The first-order valence-electron chi connectivity index (χ1n) is 7.22. The van der Waals surface area contributed by atoms with Crippen LogP contribution < -0.4 is 0 Å². The molecule has 0 bridgehead atoms. The predicted molar refractivity (Wildman–Crippen MR) is 76.9 cm³/mol. The first-order chi connectivity index (χ1) is 9.65. The topological polar surface area (TPSA) is 57.6 Å². The van der Waals surface area contributed by atoms with Gasteiger partial charge in [0.1, 0.15) is 0 Å². The number of rotatable bonds is 3. The van der Waals surface area contributed by atoms with Gasteiger partial charge in [0.2, 0.25) is 5.91 Å². The summed E-state index contributed by atoms with van der Waals surface area (Å²) in [7, 11) is 0. The molecular formula is C15H19NO3S. The molecule has 1 saturated heterocycles. The third-order valence-corrected chi connectivity index (χ3v) is 5.41. The number of carbonyl (C=O) groups is 2. The van der Waals surface area contributed by atoms with Gasteiger partial charge in [0.05, 0.1) is 5.92 Å². The van der Waals surface area contributed by atoms with Gasteiger partial charge in [0.15, 0.2) is 0 Å². The lowest BCUT2D eigenvalue weighted by molar-refractivity contribution is -0.138. The van der Waals surface area contributed by atoms with Crippen LogP contribution in [0.1, 0.15) is 42.0 Å². The molecule has 0 aromatic carbocycles. The Balaban J connectivity index is 1.68. The maximum atomic E-state index is 12.7. The molecular weight excluding hydrogens is 274 g/mol. The van der Waals surface area contributed by atoms with Crippen LogP contribution in [0.15, 0.2) is 11.4 Å². The highest BCUT2D eigenvalue weighted by molar-refractivity contribution is 7.10. The quantitative estimate of drug-likeness (QED) is 0.931. The number of thiophene rings is 1. The van der Waals surface area contributed by atoms with Crippen molar-refractivity contribution >= 4 is 23.2 Å². The van der Waals surface area contributed by atoms with E-state index in [1.165, 1.54) is 10.4 Å². The van der Waals surface area contributed by atoms with Gasteiger partial charge in [-0.05, 0) is 48.6 Å². The lowest BCUT2D eigenvalue weighted by atomic mass is 9.87. The van der Waals surface area contributed by atoms with Crippen molar-refractivity contribution in [3.05, 3.63) is 21.9 Å². The zero-order valence-corrected chi connectivity index (χ0v) is 12.2. The average molecular weight is 293 g/mol.